The van der Waals surface area contributed by atoms with Gasteiger partial charge in [-0.2, -0.15) is 5.26 Å². The minimum atomic E-state index is -0.0537. The van der Waals surface area contributed by atoms with Gasteiger partial charge in [0.1, 0.15) is 6.61 Å². The molecular weight excluding hydrogens is 130 g/mol. The van der Waals surface area contributed by atoms with E-state index in [0.29, 0.717) is 5.57 Å². The van der Waals surface area contributed by atoms with Gasteiger partial charge in [0.25, 0.3) is 0 Å². The monoisotopic (exact) mass is 139 g/mol. The highest BCUT2D eigenvalue weighted by Crippen LogP contribution is 1.89. The van der Waals surface area contributed by atoms with Crippen molar-refractivity contribution in [2.75, 3.05) is 6.61 Å². The number of carbonyl (C=O) groups is 1. The average Bonchev–Trinajstić information content (AvgIpc) is 1.87. The van der Waals surface area contributed by atoms with Crippen molar-refractivity contribution in [1.82, 2.24) is 0 Å². The zero-order valence-corrected chi connectivity index (χ0v) is 6.05. The number of Topliss-reactive ketones (excluding diaryl/α,β-unsaturated/α-hetero) is 1. The van der Waals surface area contributed by atoms with Crippen LogP contribution >= 0.6 is 0 Å². The molecule has 54 valence electrons. The highest BCUT2D eigenvalue weighted by molar-refractivity contribution is 5.76. The smallest absolute Gasteiger partial charge is 0.167 e. The van der Waals surface area contributed by atoms with Gasteiger partial charge in [0.05, 0.1) is 17.9 Å². The van der Waals surface area contributed by atoms with E-state index >= 15 is 0 Å². The van der Waals surface area contributed by atoms with Gasteiger partial charge in [0.15, 0.2) is 5.78 Å². The molecule has 0 atom stereocenters. The summed E-state index contributed by atoms with van der Waals surface area (Å²) >= 11 is 0. The van der Waals surface area contributed by atoms with E-state index in [1.165, 1.54) is 13.2 Å². The third-order valence-corrected chi connectivity index (χ3v) is 0.723. The number of ether oxygens (including phenoxy) is 1. The molecule has 0 saturated heterocycles. The molecule has 0 aliphatic carbocycles. The molecule has 0 aromatic rings. The van der Waals surface area contributed by atoms with E-state index < -0.39 is 0 Å². The van der Waals surface area contributed by atoms with Crippen LogP contribution in [0.2, 0.25) is 0 Å². The molecule has 0 rings (SSSR count). The molecule has 0 saturated carbocycles. The van der Waals surface area contributed by atoms with E-state index in [2.05, 4.69) is 0 Å². The predicted molar refractivity (Wildman–Crippen MR) is 36.0 cm³/mol. The zero-order chi connectivity index (χ0) is 7.98. The zero-order valence-electron chi connectivity index (χ0n) is 6.05. The summed E-state index contributed by atoms with van der Waals surface area (Å²) in [7, 11) is 0. The molecule has 0 aromatic heterocycles. The number of nitrogens with zero attached hydrogens (tertiary/aromatic N) is 1. The molecule has 3 heteroatoms. The number of rotatable bonds is 3. The number of allylic oxidation sites excluding steroid dienone is 1. The van der Waals surface area contributed by atoms with E-state index in [0.717, 1.165) is 0 Å². The van der Waals surface area contributed by atoms with E-state index in [-0.39, 0.29) is 12.4 Å². The molecule has 0 radical (unpaired) electrons. The number of hydrogen-bond acceptors (Lipinski definition) is 3. The first-order valence-corrected chi connectivity index (χ1v) is 2.84. The van der Waals surface area contributed by atoms with Crippen LogP contribution in [0.3, 0.4) is 0 Å². The molecule has 0 aliphatic rings. The van der Waals surface area contributed by atoms with Crippen molar-refractivity contribution in [3.05, 3.63) is 11.8 Å². The van der Waals surface area contributed by atoms with Gasteiger partial charge in [-0.25, -0.2) is 0 Å². The third kappa shape index (κ3) is 4.85. The fraction of sp³-hybridized carbons (Fsp3) is 0.429. The SMILES string of the molecule is CC(=O)COC=C(C)C#N. The van der Waals surface area contributed by atoms with Gasteiger partial charge in [0, 0.05) is 0 Å². The summed E-state index contributed by atoms with van der Waals surface area (Å²) < 4.78 is 4.71. The summed E-state index contributed by atoms with van der Waals surface area (Å²) in [6, 6.07) is 1.86. The molecule has 0 heterocycles. The average molecular weight is 139 g/mol. The van der Waals surface area contributed by atoms with Crippen molar-refractivity contribution in [2.24, 2.45) is 0 Å². The Hall–Kier alpha value is -1.30. The van der Waals surface area contributed by atoms with Crippen molar-refractivity contribution < 1.29 is 9.53 Å². The maximum atomic E-state index is 10.3. The Kier molecular flexibility index (Phi) is 3.97. The van der Waals surface area contributed by atoms with Gasteiger partial charge in [-0.05, 0) is 13.8 Å². The van der Waals surface area contributed by atoms with Crippen molar-refractivity contribution in [3.8, 4) is 6.07 Å². The second-order valence-electron chi connectivity index (χ2n) is 1.93. The minimum absolute atomic E-state index is 0.0407. The second kappa shape index (κ2) is 4.57. The molecule has 10 heavy (non-hydrogen) atoms. The van der Waals surface area contributed by atoms with E-state index in [9.17, 15) is 4.79 Å². The molecule has 0 aromatic carbocycles. The summed E-state index contributed by atoms with van der Waals surface area (Å²) in [6.07, 6.45) is 1.28. The Morgan fingerprint density at radius 1 is 1.70 bits per heavy atom. The fourth-order valence-corrected chi connectivity index (χ4v) is 0.310. The quantitative estimate of drug-likeness (QED) is 0.433. The lowest BCUT2D eigenvalue weighted by Crippen LogP contribution is -1.99. The van der Waals surface area contributed by atoms with Crippen LogP contribution in [-0.2, 0) is 9.53 Å². The Bertz CT molecular complexity index is 188. The topological polar surface area (TPSA) is 50.1 Å². The van der Waals surface area contributed by atoms with Crippen molar-refractivity contribution in [3.63, 3.8) is 0 Å². The van der Waals surface area contributed by atoms with Crippen molar-refractivity contribution in [1.29, 1.82) is 5.26 Å². The normalized spacial score (nSPS) is 10.3. The Labute approximate surface area is 59.9 Å². The fourth-order valence-electron chi connectivity index (χ4n) is 0.310. The molecular formula is C7H9NO2. The molecule has 3 nitrogen and oxygen atoms in total. The first-order valence-electron chi connectivity index (χ1n) is 2.84. The summed E-state index contributed by atoms with van der Waals surface area (Å²) in [5, 5.41) is 8.22. The maximum absolute atomic E-state index is 10.3. The van der Waals surface area contributed by atoms with Gasteiger partial charge < -0.3 is 4.74 Å². The molecule has 0 spiro atoms. The first kappa shape index (κ1) is 8.70. The Morgan fingerprint density at radius 3 is 2.70 bits per heavy atom. The number of carbonyl (C=O) groups excluding carboxylic acids is 1. The molecule has 0 unspecified atom stereocenters. The van der Waals surface area contributed by atoms with Crippen LogP contribution in [0, 0.1) is 11.3 Å². The maximum Gasteiger partial charge on any atom is 0.167 e. The van der Waals surface area contributed by atoms with Crippen LogP contribution in [0.15, 0.2) is 11.8 Å². The lowest BCUT2D eigenvalue weighted by Gasteiger charge is -1.93. The summed E-state index contributed by atoms with van der Waals surface area (Å²) in [6.45, 7) is 3.08. The molecule has 0 fully saturated rings. The van der Waals surface area contributed by atoms with Crippen molar-refractivity contribution in [2.45, 2.75) is 13.8 Å². The van der Waals surface area contributed by atoms with Gasteiger partial charge in [0.2, 0.25) is 0 Å². The van der Waals surface area contributed by atoms with Gasteiger partial charge in [-0.1, -0.05) is 0 Å². The van der Waals surface area contributed by atoms with Gasteiger partial charge >= 0.3 is 0 Å². The lowest BCUT2D eigenvalue weighted by molar-refractivity contribution is -0.119. The molecule has 0 N–H and O–H groups in total. The minimum Gasteiger partial charge on any atom is -0.492 e. The third-order valence-electron chi connectivity index (χ3n) is 0.723. The van der Waals surface area contributed by atoms with E-state index in [1.54, 1.807) is 6.92 Å². The number of nitriles is 1. The van der Waals surface area contributed by atoms with Crippen LogP contribution in [-0.4, -0.2) is 12.4 Å². The second-order valence-corrected chi connectivity index (χ2v) is 1.93. The van der Waals surface area contributed by atoms with Crippen molar-refractivity contribution >= 4 is 5.78 Å². The highest BCUT2D eigenvalue weighted by Gasteiger charge is 1.89. The summed E-state index contributed by atoms with van der Waals surface area (Å²) in [5.41, 5.74) is 0.459. The lowest BCUT2D eigenvalue weighted by atomic mass is 10.4. The molecule has 0 aliphatic heterocycles. The summed E-state index contributed by atoms with van der Waals surface area (Å²) in [5.74, 6) is -0.0537. The van der Waals surface area contributed by atoms with E-state index in [1.807, 2.05) is 6.07 Å². The largest absolute Gasteiger partial charge is 0.492 e. The van der Waals surface area contributed by atoms with E-state index in [4.69, 9.17) is 10.00 Å². The van der Waals surface area contributed by atoms with Crippen LogP contribution in [0.1, 0.15) is 13.8 Å². The van der Waals surface area contributed by atoms with Crippen LogP contribution in [0.25, 0.3) is 0 Å². The van der Waals surface area contributed by atoms with Gasteiger partial charge in [-0.3, -0.25) is 4.79 Å². The van der Waals surface area contributed by atoms with Crippen LogP contribution in [0.4, 0.5) is 0 Å². The number of hydrogen-bond donors (Lipinski definition) is 0. The number of ketones is 1. The Morgan fingerprint density at radius 2 is 2.30 bits per heavy atom. The molecule has 0 bridgehead atoms. The molecule has 0 amide bonds. The Balaban J connectivity index is 3.56. The highest BCUT2D eigenvalue weighted by atomic mass is 16.5. The predicted octanol–water partition coefficient (Wildman–Crippen LogP) is 1.02. The van der Waals surface area contributed by atoms with Gasteiger partial charge in [-0.15, -0.1) is 0 Å². The van der Waals surface area contributed by atoms with Crippen LogP contribution in [0.5, 0.6) is 0 Å². The summed E-state index contributed by atoms with van der Waals surface area (Å²) in [4.78, 5) is 10.3. The standard InChI is InChI=1S/C7H9NO2/c1-6(3-8)4-10-5-7(2)9/h4H,5H2,1-2H3. The first-order chi connectivity index (χ1) is 4.66. The van der Waals surface area contributed by atoms with Crippen LogP contribution < -0.4 is 0 Å².